The first-order valence-corrected chi connectivity index (χ1v) is 7.56. The fraction of sp³-hybridized carbons (Fsp3) is 0.471. The first-order valence-electron chi connectivity index (χ1n) is 7.56. The van der Waals surface area contributed by atoms with Gasteiger partial charge in [0.05, 0.1) is 36.3 Å². The SMILES string of the molecule is N#Cc1cncc(C2(C#N)C[C@H]3C=C[C@@H](C2)N3C2COC2)c1. The average molecular weight is 292 g/mol. The molecule has 2 fully saturated rings. The number of hydrogen-bond donors (Lipinski definition) is 0. The minimum atomic E-state index is -0.556. The van der Waals surface area contributed by atoms with Gasteiger partial charge in [0.1, 0.15) is 6.07 Å². The van der Waals surface area contributed by atoms with Crippen molar-refractivity contribution in [3.8, 4) is 12.1 Å². The fourth-order valence-electron chi connectivity index (χ4n) is 3.94. The van der Waals surface area contributed by atoms with Gasteiger partial charge >= 0.3 is 0 Å². The van der Waals surface area contributed by atoms with Crippen LogP contribution in [0.15, 0.2) is 30.6 Å². The van der Waals surface area contributed by atoms with Gasteiger partial charge in [0.2, 0.25) is 0 Å². The van der Waals surface area contributed by atoms with Crippen LogP contribution in [-0.2, 0) is 10.2 Å². The van der Waals surface area contributed by atoms with E-state index in [2.05, 4.69) is 34.2 Å². The number of nitrogens with zero attached hydrogens (tertiary/aromatic N) is 4. The quantitative estimate of drug-likeness (QED) is 0.773. The van der Waals surface area contributed by atoms with E-state index in [1.807, 2.05) is 6.07 Å². The molecular weight excluding hydrogens is 276 g/mol. The molecule has 3 aliphatic heterocycles. The van der Waals surface area contributed by atoms with Crippen LogP contribution in [0.2, 0.25) is 0 Å². The van der Waals surface area contributed by atoms with Crippen LogP contribution in [0.1, 0.15) is 24.0 Å². The van der Waals surface area contributed by atoms with Gasteiger partial charge in [-0.1, -0.05) is 12.2 Å². The lowest BCUT2D eigenvalue weighted by Crippen LogP contribution is -2.59. The molecule has 0 aromatic carbocycles. The Morgan fingerprint density at radius 1 is 1.18 bits per heavy atom. The second-order valence-corrected chi connectivity index (χ2v) is 6.33. The summed E-state index contributed by atoms with van der Waals surface area (Å²) in [5, 5.41) is 19.0. The van der Waals surface area contributed by atoms with Crippen molar-refractivity contribution in [3.63, 3.8) is 0 Å². The third-order valence-electron chi connectivity index (χ3n) is 5.11. The number of pyridine rings is 1. The lowest BCUT2D eigenvalue weighted by molar-refractivity contribution is -0.0920. The summed E-state index contributed by atoms with van der Waals surface area (Å²) in [4.78, 5) is 6.63. The molecule has 22 heavy (non-hydrogen) atoms. The molecule has 5 heteroatoms. The van der Waals surface area contributed by atoms with Gasteiger partial charge in [-0.3, -0.25) is 9.88 Å². The smallest absolute Gasteiger partial charge is 0.101 e. The van der Waals surface area contributed by atoms with Crippen molar-refractivity contribution < 1.29 is 4.74 Å². The maximum absolute atomic E-state index is 9.89. The van der Waals surface area contributed by atoms with E-state index >= 15 is 0 Å². The van der Waals surface area contributed by atoms with E-state index in [4.69, 9.17) is 10.00 Å². The van der Waals surface area contributed by atoms with Gasteiger partial charge in [0.25, 0.3) is 0 Å². The maximum atomic E-state index is 9.89. The summed E-state index contributed by atoms with van der Waals surface area (Å²) >= 11 is 0. The Morgan fingerprint density at radius 2 is 1.91 bits per heavy atom. The normalized spacial score (nSPS) is 33.9. The summed E-state index contributed by atoms with van der Waals surface area (Å²) in [7, 11) is 0. The molecule has 0 spiro atoms. The Bertz CT molecular complexity index is 694. The Kier molecular flexibility index (Phi) is 3.00. The summed E-state index contributed by atoms with van der Waals surface area (Å²) in [6.45, 7) is 1.58. The van der Waals surface area contributed by atoms with Gasteiger partial charge < -0.3 is 4.74 Å². The van der Waals surface area contributed by atoms with Gasteiger partial charge in [0, 0.05) is 24.5 Å². The number of ether oxygens (including phenoxy) is 1. The minimum Gasteiger partial charge on any atom is -0.378 e. The van der Waals surface area contributed by atoms with E-state index in [-0.39, 0.29) is 12.1 Å². The molecule has 0 amide bonds. The summed E-state index contributed by atoms with van der Waals surface area (Å²) in [5.74, 6) is 0. The van der Waals surface area contributed by atoms with Crippen molar-refractivity contribution in [2.45, 2.75) is 36.4 Å². The molecule has 3 aliphatic rings. The second-order valence-electron chi connectivity index (χ2n) is 6.33. The van der Waals surface area contributed by atoms with E-state index < -0.39 is 5.41 Å². The molecule has 110 valence electrons. The molecule has 1 aromatic heterocycles. The molecule has 0 N–H and O–H groups in total. The highest BCUT2D eigenvalue weighted by Gasteiger charge is 2.50. The van der Waals surface area contributed by atoms with E-state index in [9.17, 15) is 5.26 Å². The Balaban J connectivity index is 1.67. The predicted molar refractivity (Wildman–Crippen MR) is 78.6 cm³/mol. The molecule has 4 heterocycles. The maximum Gasteiger partial charge on any atom is 0.101 e. The highest BCUT2D eigenvalue weighted by molar-refractivity contribution is 5.40. The van der Waals surface area contributed by atoms with E-state index in [1.165, 1.54) is 0 Å². The van der Waals surface area contributed by atoms with Crippen LogP contribution in [0.3, 0.4) is 0 Å². The van der Waals surface area contributed by atoms with E-state index in [1.54, 1.807) is 12.4 Å². The molecule has 0 aliphatic carbocycles. The molecule has 4 rings (SSSR count). The van der Waals surface area contributed by atoms with Gasteiger partial charge in [-0.2, -0.15) is 10.5 Å². The molecule has 1 unspecified atom stereocenters. The Labute approximate surface area is 129 Å². The predicted octanol–water partition coefficient (Wildman–Crippen LogP) is 1.52. The third-order valence-corrected chi connectivity index (χ3v) is 5.11. The van der Waals surface area contributed by atoms with Gasteiger partial charge in [-0.05, 0) is 24.5 Å². The number of piperidine rings is 1. The molecule has 2 saturated heterocycles. The van der Waals surface area contributed by atoms with Crippen molar-refractivity contribution in [2.24, 2.45) is 0 Å². The highest BCUT2D eigenvalue weighted by atomic mass is 16.5. The third kappa shape index (κ3) is 1.87. The van der Waals surface area contributed by atoms with Crippen molar-refractivity contribution in [1.29, 1.82) is 10.5 Å². The van der Waals surface area contributed by atoms with E-state index in [0.29, 0.717) is 11.6 Å². The van der Waals surface area contributed by atoms with Crippen molar-refractivity contribution in [2.75, 3.05) is 13.2 Å². The summed E-state index contributed by atoms with van der Waals surface area (Å²) in [5.41, 5.74) is 0.833. The lowest BCUT2D eigenvalue weighted by atomic mass is 9.70. The van der Waals surface area contributed by atoms with E-state index in [0.717, 1.165) is 31.6 Å². The average Bonchev–Trinajstić information content (AvgIpc) is 2.77. The molecular formula is C17H16N4O. The lowest BCUT2D eigenvalue weighted by Gasteiger charge is -2.49. The van der Waals surface area contributed by atoms with Crippen molar-refractivity contribution in [1.82, 2.24) is 9.88 Å². The topological polar surface area (TPSA) is 72.9 Å². The fourth-order valence-corrected chi connectivity index (χ4v) is 3.94. The summed E-state index contributed by atoms with van der Waals surface area (Å²) in [6, 6.07) is 7.50. The number of fused-ring (bicyclic) bond motifs is 2. The van der Waals surface area contributed by atoms with Crippen molar-refractivity contribution in [3.05, 3.63) is 41.7 Å². The first kappa shape index (κ1) is 13.5. The summed E-state index contributed by atoms with van der Waals surface area (Å²) in [6.07, 6.45) is 9.24. The molecule has 5 nitrogen and oxygen atoms in total. The van der Waals surface area contributed by atoms with Crippen LogP contribution in [-0.4, -0.2) is 41.2 Å². The number of aromatic nitrogens is 1. The number of nitriles is 2. The van der Waals surface area contributed by atoms with Crippen LogP contribution in [0.4, 0.5) is 0 Å². The molecule has 3 atom stereocenters. The van der Waals surface area contributed by atoms with Crippen molar-refractivity contribution >= 4 is 0 Å². The number of rotatable bonds is 2. The number of hydrogen-bond acceptors (Lipinski definition) is 5. The first-order chi connectivity index (χ1) is 10.8. The second kappa shape index (κ2) is 4.91. The van der Waals surface area contributed by atoms with Gasteiger partial charge in [0.15, 0.2) is 0 Å². The Hall–Kier alpha value is -2.21. The van der Waals surface area contributed by atoms with Crippen LogP contribution < -0.4 is 0 Å². The monoisotopic (exact) mass is 292 g/mol. The zero-order valence-corrected chi connectivity index (χ0v) is 12.1. The molecule has 1 aromatic rings. The van der Waals surface area contributed by atoms with Gasteiger partial charge in [-0.25, -0.2) is 0 Å². The molecule has 2 bridgehead atoms. The van der Waals surface area contributed by atoms with Crippen LogP contribution in [0.25, 0.3) is 0 Å². The zero-order chi connectivity index (χ0) is 15.2. The van der Waals surface area contributed by atoms with Crippen LogP contribution >= 0.6 is 0 Å². The van der Waals surface area contributed by atoms with Crippen LogP contribution in [0.5, 0.6) is 0 Å². The standard InChI is InChI=1S/C17H16N4O/c18-6-12-3-13(8-20-7-12)17(11-19)4-14-1-2-15(5-17)21(14)16-9-22-10-16/h1-3,7-8,14-16H,4-5,9-10H2/t14-,15+,17?. The molecule has 0 radical (unpaired) electrons. The summed E-state index contributed by atoms with van der Waals surface area (Å²) < 4.78 is 5.33. The van der Waals surface area contributed by atoms with Crippen LogP contribution in [0, 0.1) is 22.7 Å². The largest absolute Gasteiger partial charge is 0.378 e. The molecule has 0 saturated carbocycles. The zero-order valence-electron chi connectivity index (χ0n) is 12.1. The highest BCUT2D eigenvalue weighted by Crippen LogP contribution is 2.45. The Morgan fingerprint density at radius 3 is 2.45 bits per heavy atom. The van der Waals surface area contributed by atoms with Gasteiger partial charge in [-0.15, -0.1) is 0 Å². The minimum absolute atomic E-state index is 0.276.